The zero-order valence-electron chi connectivity index (χ0n) is 8.12. The van der Waals surface area contributed by atoms with E-state index in [4.69, 9.17) is 18.0 Å². The zero-order valence-corrected chi connectivity index (χ0v) is 9.75. The summed E-state index contributed by atoms with van der Waals surface area (Å²) in [4.78, 5) is 0.445. The highest BCUT2D eigenvalue weighted by molar-refractivity contribution is 7.98. The fourth-order valence-corrected chi connectivity index (χ4v) is 1.49. The molecule has 3 N–H and O–H groups in total. The summed E-state index contributed by atoms with van der Waals surface area (Å²) < 4.78 is 0. The van der Waals surface area contributed by atoms with E-state index >= 15 is 0 Å². The van der Waals surface area contributed by atoms with Crippen LogP contribution in [0.4, 0.5) is 5.69 Å². The molecule has 0 aliphatic heterocycles. The summed E-state index contributed by atoms with van der Waals surface area (Å²) in [7, 11) is 0. The SMILES string of the molecule is CSCCNc1ccc(C(N)=S)cc1. The van der Waals surface area contributed by atoms with Gasteiger partial charge in [-0.05, 0) is 30.5 Å². The molecule has 76 valence electrons. The zero-order chi connectivity index (χ0) is 10.4. The maximum atomic E-state index is 5.49. The van der Waals surface area contributed by atoms with Gasteiger partial charge in [0.15, 0.2) is 0 Å². The quantitative estimate of drug-likeness (QED) is 0.595. The molecule has 0 saturated carbocycles. The largest absolute Gasteiger partial charge is 0.389 e. The third-order valence-electron chi connectivity index (χ3n) is 1.80. The number of anilines is 1. The van der Waals surface area contributed by atoms with Crippen LogP contribution in [-0.4, -0.2) is 23.5 Å². The lowest BCUT2D eigenvalue weighted by Crippen LogP contribution is -2.09. The van der Waals surface area contributed by atoms with E-state index in [0.29, 0.717) is 4.99 Å². The molecule has 0 aliphatic rings. The van der Waals surface area contributed by atoms with Crippen LogP contribution in [0.5, 0.6) is 0 Å². The molecular formula is C10H14N2S2. The topological polar surface area (TPSA) is 38.0 Å². The second-order valence-electron chi connectivity index (χ2n) is 2.86. The first-order valence-electron chi connectivity index (χ1n) is 4.36. The fourth-order valence-electron chi connectivity index (χ4n) is 1.05. The molecule has 0 atom stereocenters. The molecule has 4 heteroatoms. The Hall–Kier alpha value is -0.740. The van der Waals surface area contributed by atoms with Crippen LogP contribution in [0, 0.1) is 0 Å². The molecule has 0 aromatic heterocycles. The van der Waals surface area contributed by atoms with Gasteiger partial charge in [-0.15, -0.1) is 0 Å². The molecule has 0 bridgehead atoms. The molecule has 0 spiro atoms. The molecule has 0 radical (unpaired) electrons. The van der Waals surface area contributed by atoms with Crippen LogP contribution in [0.1, 0.15) is 5.56 Å². The van der Waals surface area contributed by atoms with Crippen LogP contribution in [0.15, 0.2) is 24.3 Å². The van der Waals surface area contributed by atoms with Gasteiger partial charge in [-0.2, -0.15) is 11.8 Å². The number of thioether (sulfide) groups is 1. The van der Waals surface area contributed by atoms with E-state index in [2.05, 4.69) is 11.6 Å². The van der Waals surface area contributed by atoms with E-state index in [1.54, 1.807) is 0 Å². The molecule has 1 aromatic carbocycles. The molecule has 0 aliphatic carbocycles. The summed E-state index contributed by atoms with van der Waals surface area (Å²) >= 11 is 6.69. The standard InChI is InChI=1S/C10H14N2S2/c1-14-7-6-12-9-4-2-8(3-5-9)10(11)13/h2-5,12H,6-7H2,1H3,(H2,11,13). The van der Waals surface area contributed by atoms with Gasteiger partial charge in [0.05, 0.1) is 0 Å². The highest BCUT2D eigenvalue weighted by Gasteiger charge is 1.95. The van der Waals surface area contributed by atoms with Crippen molar-refractivity contribution in [3.8, 4) is 0 Å². The molecule has 14 heavy (non-hydrogen) atoms. The van der Waals surface area contributed by atoms with Crippen molar-refractivity contribution in [3.63, 3.8) is 0 Å². The number of hydrogen-bond donors (Lipinski definition) is 2. The molecule has 1 rings (SSSR count). The molecule has 0 fully saturated rings. The lowest BCUT2D eigenvalue weighted by atomic mass is 10.2. The van der Waals surface area contributed by atoms with E-state index in [-0.39, 0.29) is 0 Å². The summed E-state index contributed by atoms with van der Waals surface area (Å²) in [5, 5.41) is 3.31. The minimum absolute atomic E-state index is 0.445. The number of nitrogens with two attached hydrogens (primary N) is 1. The molecular weight excluding hydrogens is 212 g/mol. The monoisotopic (exact) mass is 226 g/mol. The van der Waals surface area contributed by atoms with Crippen LogP contribution in [0.3, 0.4) is 0 Å². The van der Waals surface area contributed by atoms with Crippen LogP contribution < -0.4 is 11.1 Å². The number of hydrogen-bond acceptors (Lipinski definition) is 3. The van der Waals surface area contributed by atoms with Crippen LogP contribution in [0.2, 0.25) is 0 Å². The van der Waals surface area contributed by atoms with Crippen molar-refractivity contribution >= 4 is 34.7 Å². The number of rotatable bonds is 5. The van der Waals surface area contributed by atoms with Gasteiger partial charge < -0.3 is 11.1 Å². The Kier molecular flexibility index (Phi) is 4.76. The fraction of sp³-hybridized carbons (Fsp3) is 0.300. The van der Waals surface area contributed by atoms with Crippen molar-refractivity contribution < 1.29 is 0 Å². The predicted octanol–water partition coefficient (Wildman–Crippen LogP) is 2.10. The Morgan fingerprint density at radius 2 is 2.07 bits per heavy atom. The summed E-state index contributed by atoms with van der Waals surface area (Å²) in [6, 6.07) is 7.86. The summed E-state index contributed by atoms with van der Waals surface area (Å²) in [5.74, 6) is 1.11. The van der Waals surface area contributed by atoms with Crippen molar-refractivity contribution in [1.29, 1.82) is 0 Å². The maximum Gasteiger partial charge on any atom is 0.103 e. The summed E-state index contributed by atoms with van der Waals surface area (Å²) in [5.41, 5.74) is 7.52. The maximum absolute atomic E-state index is 5.49. The highest BCUT2D eigenvalue weighted by atomic mass is 32.2. The Labute approximate surface area is 94.3 Å². The third kappa shape index (κ3) is 3.55. The molecule has 0 saturated heterocycles. The van der Waals surface area contributed by atoms with Gasteiger partial charge in [0, 0.05) is 23.5 Å². The predicted molar refractivity (Wildman–Crippen MR) is 69.2 cm³/mol. The van der Waals surface area contributed by atoms with Crippen molar-refractivity contribution in [2.45, 2.75) is 0 Å². The van der Waals surface area contributed by atoms with Crippen molar-refractivity contribution in [2.24, 2.45) is 5.73 Å². The van der Waals surface area contributed by atoms with Crippen molar-refractivity contribution in [1.82, 2.24) is 0 Å². The van der Waals surface area contributed by atoms with E-state index in [1.807, 2.05) is 36.0 Å². The molecule has 2 nitrogen and oxygen atoms in total. The second kappa shape index (κ2) is 5.88. The van der Waals surface area contributed by atoms with Crippen molar-refractivity contribution in [3.05, 3.63) is 29.8 Å². The van der Waals surface area contributed by atoms with Gasteiger partial charge in [0.1, 0.15) is 4.99 Å². The number of benzene rings is 1. The normalized spacial score (nSPS) is 9.79. The van der Waals surface area contributed by atoms with Crippen molar-refractivity contribution in [2.75, 3.05) is 23.9 Å². The summed E-state index contributed by atoms with van der Waals surface area (Å²) in [6.07, 6.45) is 2.09. The Balaban J connectivity index is 2.51. The number of nitrogens with one attached hydrogen (secondary N) is 1. The smallest absolute Gasteiger partial charge is 0.103 e. The lowest BCUT2D eigenvalue weighted by Gasteiger charge is -2.05. The van der Waals surface area contributed by atoms with Crippen LogP contribution in [-0.2, 0) is 0 Å². The second-order valence-corrected chi connectivity index (χ2v) is 4.29. The summed E-state index contributed by atoms with van der Waals surface area (Å²) in [6.45, 7) is 0.980. The Morgan fingerprint density at radius 3 is 2.57 bits per heavy atom. The lowest BCUT2D eigenvalue weighted by molar-refractivity contribution is 1.23. The van der Waals surface area contributed by atoms with Gasteiger partial charge in [0.2, 0.25) is 0 Å². The van der Waals surface area contributed by atoms with E-state index in [9.17, 15) is 0 Å². The Morgan fingerprint density at radius 1 is 1.43 bits per heavy atom. The molecule has 1 aromatic rings. The Bertz CT molecular complexity index is 295. The minimum atomic E-state index is 0.445. The molecule has 0 heterocycles. The van der Waals surface area contributed by atoms with Crippen LogP contribution in [0.25, 0.3) is 0 Å². The van der Waals surface area contributed by atoms with Gasteiger partial charge >= 0.3 is 0 Å². The molecule has 0 unspecified atom stereocenters. The minimum Gasteiger partial charge on any atom is -0.389 e. The first kappa shape index (κ1) is 11.3. The number of thiocarbonyl (C=S) groups is 1. The first-order valence-corrected chi connectivity index (χ1v) is 6.17. The van der Waals surface area contributed by atoms with Gasteiger partial charge in [0.25, 0.3) is 0 Å². The van der Waals surface area contributed by atoms with E-state index < -0.39 is 0 Å². The molecule has 0 amide bonds. The van der Waals surface area contributed by atoms with Gasteiger partial charge in [-0.3, -0.25) is 0 Å². The van der Waals surface area contributed by atoms with E-state index in [1.165, 1.54) is 0 Å². The average Bonchev–Trinajstić information content (AvgIpc) is 2.19. The average molecular weight is 226 g/mol. The first-order chi connectivity index (χ1) is 6.74. The highest BCUT2D eigenvalue weighted by Crippen LogP contribution is 2.09. The van der Waals surface area contributed by atoms with Gasteiger partial charge in [-0.1, -0.05) is 12.2 Å². The third-order valence-corrected chi connectivity index (χ3v) is 2.65. The van der Waals surface area contributed by atoms with Crippen LogP contribution >= 0.6 is 24.0 Å². The van der Waals surface area contributed by atoms with Gasteiger partial charge in [-0.25, -0.2) is 0 Å². The van der Waals surface area contributed by atoms with E-state index in [0.717, 1.165) is 23.5 Å².